The van der Waals surface area contributed by atoms with E-state index in [2.05, 4.69) is 9.88 Å². The van der Waals surface area contributed by atoms with Gasteiger partial charge in [-0.2, -0.15) is 0 Å². The van der Waals surface area contributed by atoms with Crippen LogP contribution in [0.1, 0.15) is 10.4 Å². The molecule has 0 aliphatic carbocycles. The van der Waals surface area contributed by atoms with Crippen molar-refractivity contribution >= 4 is 23.3 Å². The lowest BCUT2D eigenvalue weighted by molar-refractivity contribution is -0.509. The lowest BCUT2D eigenvalue weighted by atomic mass is 10.1. The fourth-order valence-electron chi connectivity index (χ4n) is 3.26. The van der Waals surface area contributed by atoms with E-state index in [1.807, 2.05) is 66.3 Å². The average molecular weight is 451 g/mol. The van der Waals surface area contributed by atoms with Crippen LogP contribution in [0.5, 0.6) is 5.75 Å². The van der Waals surface area contributed by atoms with Gasteiger partial charge in [0.2, 0.25) is 0 Å². The molecule has 0 aliphatic heterocycles. The molecule has 0 spiro atoms. The van der Waals surface area contributed by atoms with Crippen LogP contribution in [0.4, 0.5) is 10.5 Å². The van der Waals surface area contributed by atoms with Crippen LogP contribution in [0.2, 0.25) is 0 Å². The van der Waals surface area contributed by atoms with E-state index in [0.29, 0.717) is 17.0 Å². The fourth-order valence-corrected chi connectivity index (χ4v) is 3.26. The molecule has 1 N–H and O–H groups in total. The van der Waals surface area contributed by atoms with E-state index in [-0.39, 0.29) is 18.3 Å². The van der Waals surface area contributed by atoms with Gasteiger partial charge in [-0.15, -0.1) is 0 Å². The molecule has 0 aliphatic rings. The number of pyridine rings is 1. The lowest BCUT2D eigenvalue weighted by Crippen LogP contribution is -3.00. The van der Waals surface area contributed by atoms with Crippen LogP contribution in [0.15, 0.2) is 79.1 Å². The number of amides is 2. The fraction of sp³-hybridized carbons (Fsp3) is 0.125. The van der Waals surface area contributed by atoms with Crippen molar-refractivity contribution in [1.29, 1.82) is 0 Å². The summed E-state index contributed by atoms with van der Waals surface area (Å²) >= 11 is 0. The van der Waals surface area contributed by atoms with Gasteiger partial charge >= 0.3 is 6.09 Å². The Bertz CT molecular complexity index is 1250. The summed E-state index contributed by atoms with van der Waals surface area (Å²) in [5.41, 5.74) is 4.24. The van der Waals surface area contributed by atoms with Crippen LogP contribution < -0.4 is 26.9 Å². The van der Waals surface area contributed by atoms with Crippen LogP contribution in [0.25, 0.3) is 16.9 Å². The maximum Gasteiger partial charge on any atom is 0.414 e. The Labute approximate surface area is 192 Å². The van der Waals surface area contributed by atoms with Crippen LogP contribution in [0, 0.1) is 0 Å². The first-order chi connectivity index (χ1) is 14.9. The number of imidazole rings is 1. The van der Waals surface area contributed by atoms with E-state index in [1.165, 1.54) is 4.90 Å². The average Bonchev–Trinajstić information content (AvgIpc) is 3.10. The van der Waals surface area contributed by atoms with E-state index in [1.54, 1.807) is 38.4 Å². The van der Waals surface area contributed by atoms with Crippen LogP contribution in [0.3, 0.4) is 0 Å². The third kappa shape index (κ3) is 4.73. The molecule has 164 valence electrons. The highest BCUT2D eigenvalue weighted by molar-refractivity contribution is 6.04. The number of rotatable bonds is 4. The number of nitrogens with one attached hydrogen (secondary N) is 1. The summed E-state index contributed by atoms with van der Waals surface area (Å²) in [4.78, 5) is 25.5. The summed E-state index contributed by atoms with van der Waals surface area (Å²) in [7, 11) is 5.26. The van der Waals surface area contributed by atoms with Crippen molar-refractivity contribution in [2.24, 2.45) is 7.05 Å². The third-order valence-electron chi connectivity index (χ3n) is 4.94. The zero-order valence-corrected chi connectivity index (χ0v) is 18.7. The molecule has 0 fully saturated rings. The molecule has 0 bridgehead atoms. The summed E-state index contributed by atoms with van der Waals surface area (Å²) < 4.78 is 9.31. The number of anilines is 1. The second kappa shape index (κ2) is 9.53. The number of ether oxygens (including phenoxy) is 1. The van der Waals surface area contributed by atoms with Crippen molar-refractivity contribution in [3.8, 4) is 17.0 Å². The Morgan fingerprint density at radius 3 is 2.28 bits per heavy atom. The van der Waals surface area contributed by atoms with E-state index < -0.39 is 6.09 Å². The Hall–Kier alpha value is -3.84. The quantitative estimate of drug-likeness (QED) is 0.466. The summed E-state index contributed by atoms with van der Waals surface area (Å²) in [5.74, 6) is 0.333. The molecule has 0 unspecified atom stereocenters. The molecule has 2 amide bonds. The predicted molar refractivity (Wildman–Crippen MR) is 118 cm³/mol. The molecular weight excluding hydrogens is 428 g/mol. The van der Waals surface area contributed by atoms with E-state index in [9.17, 15) is 9.59 Å². The normalized spacial score (nSPS) is 10.3. The number of hydrogen-bond donors (Lipinski definition) is 1. The largest absolute Gasteiger partial charge is 1.00 e. The molecule has 32 heavy (non-hydrogen) atoms. The SMILES string of the molecule is CN(C)C(=O)Oc1ccc(-c2c[n+]3cc(NC(=O)c4ccccc4)ccc3n2C)cc1.[Cl-]. The van der Waals surface area contributed by atoms with E-state index >= 15 is 0 Å². The molecule has 0 saturated heterocycles. The number of carbonyl (C=O) groups is 2. The minimum absolute atomic E-state index is 0. The van der Waals surface area contributed by atoms with Gasteiger partial charge in [0.1, 0.15) is 18.1 Å². The number of aromatic nitrogens is 2. The summed E-state index contributed by atoms with van der Waals surface area (Å²) in [6.07, 6.45) is 3.46. The number of benzene rings is 2. The van der Waals surface area contributed by atoms with Crippen molar-refractivity contribution in [1.82, 2.24) is 9.47 Å². The molecular formula is C24H23ClN4O3. The van der Waals surface area contributed by atoms with Gasteiger partial charge in [-0.1, -0.05) is 18.2 Å². The Balaban J connectivity index is 0.00000289. The highest BCUT2D eigenvalue weighted by Crippen LogP contribution is 2.23. The second-order valence-corrected chi connectivity index (χ2v) is 7.36. The monoisotopic (exact) mass is 450 g/mol. The van der Waals surface area contributed by atoms with Gasteiger partial charge in [-0.05, 0) is 42.5 Å². The van der Waals surface area contributed by atoms with E-state index in [4.69, 9.17) is 4.74 Å². The highest BCUT2D eigenvalue weighted by Gasteiger charge is 2.17. The van der Waals surface area contributed by atoms with Gasteiger partial charge < -0.3 is 27.4 Å². The minimum Gasteiger partial charge on any atom is -1.00 e. The molecule has 8 heteroatoms. The predicted octanol–water partition coefficient (Wildman–Crippen LogP) is 0.748. The highest BCUT2D eigenvalue weighted by atomic mass is 35.5. The van der Waals surface area contributed by atoms with E-state index in [0.717, 1.165) is 16.9 Å². The summed E-state index contributed by atoms with van der Waals surface area (Å²) in [5, 5.41) is 2.93. The van der Waals surface area contributed by atoms with Gasteiger partial charge in [0.15, 0.2) is 5.69 Å². The molecule has 4 aromatic rings. The first-order valence-corrected chi connectivity index (χ1v) is 9.79. The number of halogens is 1. The Kier molecular flexibility index (Phi) is 6.80. The summed E-state index contributed by atoms with van der Waals surface area (Å²) in [6.45, 7) is 0. The van der Waals surface area contributed by atoms with Crippen molar-refractivity contribution < 1.29 is 31.1 Å². The molecule has 2 aromatic carbocycles. The van der Waals surface area contributed by atoms with Crippen LogP contribution in [-0.4, -0.2) is 35.6 Å². The van der Waals surface area contributed by atoms with Gasteiger partial charge in [0, 0.05) is 31.3 Å². The standard InChI is InChI=1S/C24H22N4O3.ClH/c1-26(2)24(30)31-20-12-9-17(10-13-20)21-16-28-15-19(11-14-22(28)27(21)3)25-23(29)18-7-5-4-6-8-18;/h4-16H,1-3H3;1H. The first kappa shape index (κ1) is 22.8. The van der Waals surface area contributed by atoms with Crippen molar-refractivity contribution in [2.45, 2.75) is 0 Å². The second-order valence-electron chi connectivity index (χ2n) is 7.36. The lowest BCUT2D eigenvalue weighted by Gasteiger charge is -2.10. The zero-order valence-electron chi connectivity index (χ0n) is 17.9. The number of aryl methyl sites for hydroxylation is 1. The Morgan fingerprint density at radius 2 is 1.62 bits per heavy atom. The molecule has 7 nitrogen and oxygen atoms in total. The van der Waals surface area contributed by atoms with Gasteiger partial charge in [-0.3, -0.25) is 4.79 Å². The zero-order chi connectivity index (χ0) is 22.0. The number of nitrogens with zero attached hydrogens (tertiary/aromatic N) is 3. The maximum absolute atomic E-state index is 12.4. The maximum atomic E-state index is 12.4. The molecule has 2 heterocycles. The van der Waals surface area contributed by atoms with Crippen LogP contribution >= 0.6 is 0 Å². The first-order valence-electron chi connectivity index (χ1n) is 9.79. The van der Waals surface area contributed by atoms with Gasteiger partial charge in [0.25, 0.3) is 11.6 Å². The molecule has 0 saturated carbocycles. The molecule has 2 aromatic heterocycles. The van der Waals surface area contributed by atoms with Crippen LogP contribution in [-0.2, 0) is 7.05 Å². The summed E-state index contributed by atoms with van der Waals surface area (Å²) in [6, 6.07) is 20.3. The van der Waals surface area contributed by atoms with Gasteiger partial charge in [-0.25, -0.2) is 13.8 Å². The van der Waals surface area contributed by atoms with Gasteiger partial charge in [0.05, 0.1) is 12.7 Å². The number of hydrogen-bond acceptors (Lipinski definition) is 3. The van der Waals surface area contributed by atoms with Crippen molar-refractivity contribution in [3.05, 3.63) is 84.7 Å². The smallest absolute Gasteiger partial charge is 0.414 e. The number of carbonyl (C=O) groups excluding carboxylic acids is 2. The topological polar surface area (TPSA) is 67.7 Å². The minimum atomic E-state index is -0.419. The third-order valence-corrected chi connectivity index (χ3v) is 4.94. The molecule has 4 rings (SSSR count). The van der Waals surface area contributed by atoms with Crippen molar-refractivity contribution in [3.63, 3.8) is 0 Å². The Morgan fingerprint density at radius 1 is 0.938 bits per heavy atom. The molecule has 0 radical (unpaired) electrons. The van der Waals surface area contributed by atoms with Crippen molar-refractivity contribution in [2.75, 3.05) is 19.4 Å². The molecule has 0 atom stereocenters. The number of fused-ring (bicyclic) bond motifs is 1.